The summed E-state index contributed by atoms with van der Waals surface area (Å²) in [5.74, 6) is 1.79. The molecular weight excluding hydrogens is 318 g/mol. The van der Waals surface area contributed by atoms with E-state index in [2.05, 4.69) is 33.7 Å². The Balaban J connectivity index is 1.38. The molecule has 4 nitrogen and oxygen atoms in total. The van der Waals surface area contributed by atoms with Gasteiger partial charge in [-0.2, -0.15) is 0 Å². The first-order chi connectivity index (χ1) is 11.8. The monoisotopic (exact) mass is 343 g/mol. The van der Waals surface area contributed by atoms with Crippen LogP contribution in [0.1, 0.15) is 29.0 Å². The Kier molecular flexibility index (Phi) is 3.51. The topological polar surface area (TPSA) is 36.5 Å². The van der Waals surface area contributed by atoms with Gasteiger partial charge in [0.15, 0.2) is 5.88 Å². The molecule has 0 saturated carbocycles. The first kappa shape index (κ1) is 15.0. The number of hydrogen-bond acceptors (Lipinski definition) is 5. The molecule has 6 rings (SSSR count). The summed E-state index contributed by atoms with van der Waals surface area (Å²) in [5.41, 5.74) is 2.84. The zero-order valence-electron chi connectivity index (χ0n) is 14.2. The fourth-order valence-electron chi connectivity index (χ4n) is 4.83. The summed E-state index contributed by atoms with van der Waals surface area (Å²) in [7, 11) is 2.00. The number of nitrogens with zero attached hydrogens (tertiary/aromatic N) is 1. The molecule has 3 saturated heterocycles. The fraction of sp³-hybridized carbons (Fsp3) is 0.579. The molecule has 1 aromatic rings. The molecule has 5 aliphatic heterocycles. The largest absolute Gasteiger partial charge is 0.470 e. The van der Waals surface area contributed by atoms with E-state index in [0.717, 1.165) is 37.9 Å². The van der Waals surface area contributed by atoms with Crippen molar-refractivity contribution in [1.29, 1.82) is 0 Å². The van der Waals surface area contributed by atoms with Crippen LogP contribution in [0.3, 0.4) is 0 Å². The molecule has 5 aliphatic rings. The number of piperidine rings is 3. The molecular formula is C19H25N3OS. The molecule has 128 valence electrons. The van der Waals surface area contributed by atoms with Gasteiger partial charge in [-0.3, -0.25) is 4.90 Å². The van der Waals surface area contributed by atoms with Crippen molar-refractivity contribution in [2.75, 3.05) is 33.2 Å². The van der Waals surface area contributed by atoms with E-state index < -0.39 is 0 Å². The molecule has 24 heavy (non-hydrogen) atoms. The minimum Gasteiger partial charge on any atom is -0.470 e. The van der Waals surface area contributed by atoms with Crippen molar-refractivity contribution in [3.63, 3.8) is 0 Å². The fourth-order valence-corrected chi connectivity index (χ4v) is 5.86. The van der Waals surface area contributed by atoms with Crippen LogP contribution in [0.15, 0.2) is 29.7 Å². The average Bonchev–Trinajstić information content (AvgIpc) is 3.19. The average molecular weight is 343 g/mol. The number of ether oxygens (including phenoxy) is 1. The summed E-state index contributed by atoms with van der Waals surface area (Å²) in [5, 5.41) is 6.80. The van der Waals surface area contributed by atoms with Gasteiger partial charge in [0, 0.05) is 47.3 Å². The Bertz CT molecular complexity index is 714. The van der Waals surface area contributed by atoms with Crippen LogP contribution >= 0.6 is 11.3 Å². The lowest BCUT2D eigenvalue weighted by Crippen LogP contribution is -2.59. The van der Waals surface area contributed by atoms with Gasteiger partial charge in [0.25, 0.3) is 0 Å². The number of thiophene rings is 1. The van der Waals surface area contributed by atoms with Crippen LogP contribution in [-0.2, 0) is 11.3 Å². The summed E-state index contributed by atoms with van der Waals surface area (Å²) in [6, 6.07) is 4.50. The zero-order valence-corrected chi connectivity index (χ0v) is 15.0. The number of dihydropyridines is 1. The lowest BCUT2D eigenvalue weighted by molar-refractivity contribution is -0.116. The maximum absolute atomic E-state index is 6.53. The van der Waals surface area contributed by atoms with Crippen molar-refractivity contribution in [1.82, 2.24) is 15.5 Å². The normalized spacial score (nSPS) is 34.1. The molecule has 0 aliphatic carbocycles. The first-order valence-corrected chi connectivity index (χ1v) is 9.90. The van der Waals surface area contributed by atoms with Crippen molar-refractivity contribution in [3.05, 3.63) is 39.4 Å². The summed E-state index contributed by atoms with van der Waals surface area (Å²) in [4.78, 5) is 5.37. The van der Waals surface area contributed by atoms with E-state index in [1.807, 2.05) is 18.4 Å². The Labute approximate surface area is 147 Å². The molecule has 2 N–H and O–H groups in total. The molecule has 1 atom stereocenters. The van der Waals surface area contributed by atoms with Crippen molar-refractivity contribution in [3.8, 4) is 0 Å². The highest BCUT2D eigenvalue weighted by molar-refractivity contribution is 7.13. The number of nitrogens with one attached hydrogen (secondary N) is 2. The van der Waals surface area contributed by atoms with Gasteiger partial charge in [-0.1, -0.05) is 0 Å². The second-order valence-corrected chi connectivity index (χ2v) is 8.74. The molecule has 0 unspecified atom stereocenters. The minimum atomic E-state index is 0.0485. The standard InChI is InChI=1S/C19H25N3OS/c1-20-11-16-2-3-17(24-16)14-8-13-9-19(23-18(13)21-10-14)12-22-6-4-15(19)5-7-22/h2-3,8,15,20-21H,4-7,9-12H2,1H3/t19-/m0/s1. The first-order valence-electron chi connectivity index (χ1n) is 9.08. The highest BCUT2D eigenvalue weighted by Gasteiger charge is 2.52. The maximum atomic E-state index is 6.53. The number of fused-ring (bicyclic) bond motifs is 2. The highest BCUT2D eigenvalue weighted by Crippen LogP contribution is 2.48. The third-order valence-corrected chi connectivity index (χ3v) is 7.19. The van der Waals surface area contributed by atoms with Gasteiger partial charge >= 0.3 is 0 Å². The Morgan fingerprint density at radius 3 is 3.00 bits per heavy atom. The molecule has 0 radical (unpaired) electrons. The Morgan fingerprint density at radius 1 is 1.38 bits per heavy atom. The number of allylic oxidation sites excluding steroid dienone is 1. The van der Waals surface area contributed by atoms with E-state index in [-0.39, 0.29) is 5.60 Å². The van der Waals surface area contributed by atoms with Crippen LogP contribution in [-0.4, -0.2) is 43.7 Å². The number of hydrogen-bond donors (Lipinski definition) is 2. The van der Waals surface area contributed by atoms with Crippen LogP contribution in [0.25, 0.3) is 5.57 Å². The van der Waals surface area contributed by atoms with Gasteiger partial charge in [-0.15, -0.1) is 11.3 Å². The van der Waals surface area contributed by atoms with Gasteiger partial charge in [-0.05, 0) is 56.8 Å². The van der Waals surface area contributed by atoms with E-state index in [9.17, 15) is 0 Å². The predicted molar refractivity (Wildman–Crippen MR) is 97.7 cm³/mol. The van der Waals surface area contributed by atoms with Gasteiger partial charge in [-0.25, -0.2) is 0 Å². The second kappa shape index (κ2) is 5.61. The Hall–Kier alpha value is -1.30. The van der Waals surface area contributed by atoms with E-state index >= 15 is 0 Å². The molecule has 1 aromatic heterocycles. The summed E-state index contributed by atoms with van der Waals surface area (Å²) in [6.45, 7) is 5.46. The van der Waals surface area contributed by atoms with Gasteiger partial charge in [0.05, 0.1) is 0 Å². The molecule has 5 heteroatoms. The molecule has 3 fully saturated rings. The van der Waals surface area contributed by atoms with Gasteiger partial charge in [0.1, 0.15) is 5.60 Å². The van der Waals surface area contributed by atoms with E-state index in [1.54, 1.807) is 0 Å². The molecule has 6 heterocycles. The van der Waals surface area contributed by atoms with Crippen LogP contribution in [0.4, 0.5) is 0 Å². The summed E-state index contributed by atoms with van der Waals surface area (Å²) < 4.78 is 6.53. The maximum Gasteiger partial charge on any atom is 0.191 e. The van der Waals surface area contributed by atoms with Crippen LogP contribution in [0.5, 0.6) is 0 Å². The van der Waals surface area contributed by atoms with Crippen LogP contribution in [0, 0.1) is 5.92 Å². The van der Waals surface area contributed by atoms with Gasteiger partial charge < -0.3 is 15.4 Å². The third kappa shape index (κ3) is 2.33. The summed E-state index contributed by atoms with van der Waals surface area (Å²) in [6.07, 6.45) is 6.08. The SMILES string of the molecule is CNCc1ccc(C2=CC3=C(NC2)O[C@@]2(C3)CN3CCC2CC3)s1. The number of rotatable bonds is 3. The quantitative estimate of drug-likeness (QED) is 0.884. The predicted octanol–water partition coefficient (Wildman–Crippen LogP) is 2.55. The van der Waals surface area contributed by atoms with Crippen molar-refractivity contribution in [2.24, 2.45) is 5.92 Å². The molecule has 1 spiro atoms. The molecule has 0 aromatic carbocycles. The summed E-state index contributed by atoms with van der Waals surface area (Å²) >= 11 is 1.89. The second-order valence-electron chi connectivity index (χ2n) is 7.57. The lowest BCUT2D eigenvalue weighted by Gasteiger charge is -2.50. The third-order valence-electron chi connectivity index (χ3n) is 6.03. The smallest absolute Gasteiger partial charge is 0.191 e. The molecule has 0 amide bonds. The van der Waals surface area contributed by atoms with Crippen molar-refractivity contribution in [2.45, 2.75) is 31.4 Å². The van der Waals surface area contributed by atoms with E-state index in [1.165, 1.54) is 46.8 Å². The van der Waals surface area contributed by atoms with Crippen molar-refractivity contribution >= 4 is 16.9 Å². The zero-order chi connectivity index (χ0) is 16.1. The lowest BCUT2D eigenvalue weighted by atomic mass is 9.73. The van der Waals surface area contributed by atoms with Crippen molar-refractivity contribution < 1.29 is 4.74 Å². The van der Waals surface area contributed by atoms with E-state index in [4.69, 9.17) is 4.74 Å². The van der Waals surface area contributed by atoms with Crippen LogP contribution < -0.4 is 10.6 Å². The Morgan fingerprint density at radius 2 is 2.25 bits per heavy atom. The minimum absolute atomic E-state index is 0.0485. The highest BCUT2D eigenvalue weighted by atomic mass is 32.1. The van der Waals surface area contributed by atoms with E-state index in [0.29, 0.717) is 0 Å². The van der Waals surface area contributed by atoms with Crippen LogP contribution in [0.2, 0.25) is 0 Å². The molecule has 2 bridgehead atoms. The van der Waals surface area contributed by atoms with Gasteiger partial charge in [0.2, 0.25) is 0 Å².